The first-order valence-electron chi connectivity index (χ1n) is 8.29. The van der Waals surface area contributed by atoms with Gasteiger partial charge in [0, 0.05) is 31.3 Å². The number of amides is 2. The van der Waals surface area contributed by atoms with Gasteiger partial charge in [0.25, 0.3) is 0 Å². The molecule has 0 aliphatic rings. The van der Waals surface area contributed by atoms with E-state index < -0.39 is 5.97 Å². The number of urea groups is 1. The minimum Gasteiger partial charge on any atom is -0.497 e. The van der Waals surface area contributed by atoms with Crippen LogP contribution in [0.5, 0.6) is 5.75 Å². The van der Waals surface area contributed by atoms with E-state index in [1.165, 1.54) is 18.4 Å². The van der Waals surface area contributed by atoms with E-state index in [9.17, 15) is 9.59 Å². The Morgan fingerprint density at radius 1 is 1.19 bits per heavy atom. The molecule has 2 aromatic rings. The summed E-state index contributed by atoms with van der Waals surface area (Å²) in [6.45, 7) is 1.31. The predicted molar refractivity (Wildman–Crippen MR) is 102 cm³/mol. The Labute approximate surface area is 162 Å². The van der Waals surface area contributed by atoms with Gasteiger partial charge in [-0.1, -0.05) is 0 Å². The van der Waals surface area contributed by atoms with Crippen molar-refractivity contribution < 1.29 is 23.8 Å². The Hall–Kier alpha value is -2.65. The van der Waals surface area contributed by atoms with Crippen molar-refractivity contribution in [2.24, 2.45) is 0 Å². The van der Waals surface area contributed by atoms with E-state index in [1.54, 1.807) is 48.8 Å². The average Bonchev–Trinajstić information content (AvgIpc) is 3.16. The van der Waals surface area contributed by atoms with Crippen LogP contribution in [0.4, 0.5) is 10.5 Å². The molecule has 0 spiro atoms. The molecule has 1 aromatic carbocycles. The van der Waals surface area contributed by atoms with Crippen LogP contribution in [0.3, 0.4) is 0 Å². The number of benzene rings is 1. The van der Waals surface area contributed by atoms with Crippen molar-refractivity contribution >= 4 is 29.0 Å². The topological polar surface area (TPSA) is 90.0 Å². The monoisotopic (exact) mass is 393 g/mol. The number of hydrogen-bond donors (Lipinski definition) is 1. The maximum Gasteiger partial charge on any atom is 0.357 e. The van der Waals surface area contributed by atoms with E-state index >= 15 is 0 Å². The fourth-order valence-corrected chi connectivity index (χ4v) is 3.05. The van der Waals surface area contributed by atoms with Crippen LogP contribution in [-0.2, 0) is 16.0 Å². The highest BCUT2D eigenvalue weighted by Crippen LogP contribution is 2.17. The number of hydrogen-bond acceptors (Lipinski definition) is 7. The number of esters is 1. The standard InChI is InChI=1S/C18H23N3O5S/c1-24-10-4-9-21(11-16-20-15(12-27-16)17(22)26-3)18(23)19-13-5-7-14(25-2)8-6-13/h5-8,12H,4,9-11H2,1-3H3,(H,19,23). The Kier molecular flexibility index (Phi) is 8.02. The average molecular weight is 393 g/mol. The zero-order valence-corrected chi connectivity index (χ0v) is 16.4. The smallest absolute Gasteiger partial charge is 0.357 e. The van der Waals surface area contributed by atoms with Gasteiger partial charge in [0.05, 0.1) is 20.8 Å². The van der Waals surface area contributed by atoms with Crippen molar-refractivity contribution in [3.63, 3.8) is 0 Å². The van der Waals surface area contributed by atoms with Gasteiger partial charge in [-0.15, -0.1) is 11.3 Å². The Balaban J connectivity index is 2.06. The Morgan fingerprint density at radius 2 is 1.93 bits per heavy atom. The SMILES string of the molecule is COCCCN(Cc1nc(C(=O)OC)cs1)C(=O)Nc1ccc(OC)cc1. The second-order valence-electron chi connectivity index (χ2n) is 5.54. The van der Waals surface area contributed by atoms with E-state index in [2.05, 4.69) is 15.0 Å². The van der Waals surface area contributed by atoms with Crippen molar-refractivity contribution in [3.05, 3.63) is 40.3 Å². The molecule has 1 aromatic heterocycles. The van der Waals surface area contributed by atoms with Gasteiger partial charge in [0.2, 0.25) is 0 Å². The van der Waals surface area contributed by atoms with E-state index in [1.807, 2.05) is 0 Å². The molecule has 1 N–H and O–H groups in total. The number of ether oxygens (including phenoxy) is 3. The number of aromatic nitrogens is 1. The van der Waals surface area contributed by atoms with Crippen molar-refractivity contribution in [1.29, 1.82) is 0 Å². The largest absolute Gasteiger partial charge is 0.497 e. The Bertz CT molecular complexity index is 748. The summed E-state index contributed by atoms with van der Waals surface area (Å²) in [4.78, 5) is 30.1. The molecule has 0 atom stereocenters. The van der Waals surface area contributed by atoms with Gasteiger partial charge >= 0.3 is 12.0 Å². The van der Waals surface area contributed by atoms with Gasteiger partial charge in [-0.3, -0.25) is 0 Å². The molecule has 0 bridgehead atoms. The number of carbonyl (C=O) groups is 2. The fraction of sp³-hybridized carbons (Fsp3) is 0.389. The normalized spacial score (nSPS) is 10.3. The molecule has 0 saturated heterocycles. The summed E-state index contributed by atoms with van der Waals surface area (Å²) in [5, 5.41) is 5.13. The predicted octanol–water partition coefficient (Wildman–Crippen LogP) is 3.01. The van der Waals surface area contributed by atoms with Crippen LogP contribution in [0.25, 0.3) is 0 Å². The molecule has 0 radical (unpaired) electrons. The second kappa shape index (κ2) is 10.5. The highest BCUT2D eigenvalue weighted by Gasteiger charge is 2.18. The molecule has 0 unspecified atom stereocenters. The van der Waals surface area contributed by atoms with Gasteiger partial charge in [0.1, 0.15) is 10.8 Å². The number of methoxy groups -OCH3 is 3. The minimum atomic E-state index is -0.494. The summed E-state index contributed by atoms with van der Waals surface area (Å²) in [5.41, 5.74) is 0.900. The summed E-state index contributed by atoms with van der Waals surface area (Å²) in [5.74, 6) is 0.217. The third-order valence-electron chi connectivity index (χ3n) is 3.68. The van der Waals surface area contributed by atoms with Crippen LogP contribution < -0.4 is 10.1 Å². The third kappa shape index (κ3) is 6.22. The molecule has 0 aliphatic carbocycles. The van der Waals surface area contributed by atoms with Crippen LogP contribution in [0.2, 0.25) is 0 Å². The second-order valence-corrected chi connectivity index (χ2v) is 6.49. The Morgan fingerprint density at radius 3 is 2.56 bits per heavy atom. The lowest BCUT2D eigenvalue weighted by atomic mass is 10.3. The highest BCUT2D eigenvalue weighted by atomic mass is 32.1. The molecule has 2 rings (SSSR count). The first-order chi connectivity index (χ1) is 13.1. The maximum absolute atomic E-state index is 12.7. The molecular weight excluding hydrogens is 370 g/mol. The summed E-state index contributed by atoms with van der Waals surface area (Å²) in [6, 6.07) is 6.82. The quantitative estimate of drug-likeness (QED) is 0.520. The van der Waals surface area contributed by atoms with Gasteiger partial charge < -0.3 is 24.4 Å². The molecule has 1 heterocycles. The lowest BCUT2D eigenvalue weighted by Crippen LogP contribution is -2.35. The van der Waals surface area contributed by atoms with E-state index in [-0.39, 0.29) is 18.3 Å². The molecule has 0 saturated carbocycles. The van der Waals surface area contributed by atoms with Crippen molar-refractivity contribution in [2.75, 3.05) is 39.8 Å². The van der Waals surface area contributed by atoms with Crippen LogP contribution in [0.15, 0.2) is 29.6 Å². The fourth-order valence-electron chi connectivity index (χ4n) is 2.27. The number of nitrogens with one attached hydrogen (secondary N) is 1. The third-order valence-corrected chi connectivity index (χ3v) is 4.51. The van der Waals surface area contributed by atoms with Crippen molar-refractivity contribution in [2.45, 2.75) is 13.0 Å². The zero-order valence-electron chi connectivity index (χ0n) is 15.6. The number of carbonyl (C=O) groups excluding carboxylic acids is 2. The minimum absolute atomic E-state index is 0.241. The van der Waals surface area contributed by atoms with Gasteiger partial charge in [0.15, 0.2) is 5.69 Å². The van der Waals surface area contributed by atoms with E-state index in [0.29, 0.717) is 36.0 Å². The summed E-state index contributed by atoms with van der Waals surface area (Å²) in [6.07, 6.45) is 0.682. The van der Waals surface area contributed by atoms with Gasteiger partial charge in [-0.25, -0.2) is 14.6 Å². The molecule has 0 fully saturated rings. The highest BCUT2D eigenvalue weighted by molar-refractivity contribution is 7.09. The number of anilines is 1. The number of rotatable bonds is 9. The summed E-state index contributed by atoms with van der Waals surface area (Å²) in [7, 11) is 4.51. The van der Waals surface area contributed by atoms with Crippen molar-refractivity contribution in [1.82, 2.24) is 9.88 Å². The van der Waals surface area contributed by atoms with Crippen LogP contribution in [0, 0.1) is 0 Å². The van der Waals surface area contributed by atoms with E-state index in [4.69, 9.17) is 9.47 Å². The lowest BCUT2D eigenvalue weighted by molar-refractivity contribution is 0.0594. The van der Waals surface area contributed by atoms with Gasteiger partial charge in [-0.2, -0.15) is 0 Å². The number of thiazole rings is 1. The van der Waals surface area contributed by atoms with E-state index in [0.717, 1.165) is 0 Å². The molecule has 146 valence electrons. The zero-order chi connectivity index (χ0) is 19.6. The van der Waals surface area contributed by atoms with Crippen LogP contribution >= 0.6 is 11.3 Å². The molecule has 9 heteroatoms. The van der Waals surface area contributed by atoms with Crippen LogP contribution in [-0.4, -0.2) is 56.4 Å². The molecule has 0 aliphatic heterocycles. The van der Waals surface area contributed by atoms with Crippen LogP contribution in [0.1, 0.15) is 21.9 Å². The summed E-state index contributed by atoms with van der Waals surface area (Å²) >= 11 is 1.31. The maximum atomic E-state index is 12.7. The number of nitrogens with zero attached hydrogens (tertiary/aromatic N) is 2. The molecule has 2 amide bonds. The first kappa shape index (κ1) is 20.7. The summed E-state index contributed by atoms with van der Waals surface area (Å²) < 4.78 is 14.8. The molecular formula is C18H23N3O5S. The van der Waals surface area contributed by atoms with Gasteiger partial charge in [-0.05, 0) is 30.7 Å². The van der Waals surface area contributed by atoms with Crippen molar-refractivity contribution in [3.8, 4) is 5.75 Å². The first-order valence-corrected chi connectivity index (χ1v) is 9.17. The molecule has 8 nitrogen and oxygen atoms in total. The molecule has 27 heavy (non-hydrogen) atoms. The lowest BCUT2D eigenvalue weighted by Gasteiger charge is -2.22.